The fraction of sp³-hybridized carbons (Fsp3) is 0.464. The van der Waals surface area contributed by atoms with Crippen LogP contribution in [0.3, 0.4) is 0 Å². The summed E-state index contributed by atoms with van der Waals surface area (Å²) in [5.74, 6) is 1.62. The van der Waals surface area contributed by atoms with E-state index in [1.165, 1.54) is 24.7 Å². The Hall–Kier alpha value is -3.13. The molecule has 3 rings (SSSR count). The zero-order valence-electron chi connectivity index (χ0n) is 20.5. The molecular weight excluding hydrogens is 412 g/mol. The van der Waals surface area contributed by atoms with Crippen molar-refractivity contribution in [3.63, 3.8) is 0 Å². The van der Waals surface area contributed by atoms with Gasteiger partial charge in [-0.25, -0.2) is 0 Å². The van der Waals surface area contributed by atoms with Crippen molar-refractivity contribution in [2.45, 2.75) is 66.2 Å². The lowest BCUT2D eigenvalue weighted by Gasteiger charge is -2.26. The fourth-order valence-electron chi connectivity index (χ4n) is 4.44. The van der Waals surface area contributed by atoms with Crippen molar-refractivity contribution in [1.29, 1.82) is 5.26 Å². The Morgan fingerprint density at radius 1 is 1.12 bits per heavy atom. The largest absolute Gasteiger partial charge is 0.495 e. The van der Waals surface area contributed by atoms with E-state index >= 15 is 0 Å². The zero-order chi connectivity index (χ0) is 24.4. The van der Waals surface area contributed by atoms with Gasteiger partial charge in [0.15, 0.2) is 5.78 Å². The first kappa shape index (κ1) is 26.1. The molecule has 176 valence electrons. The number of carbonyl (C=O) groups is 2. The van der Waals surface area contributed by atoms with Crippen LogP contribution in [0.1, 0.15) is 79.9 Å². The van der Waals surface area contributed by atoms with Crippen molar-refractivity contribution in [3.8, 4) is 11.8 Å². The Bertz CT molecular complexity index is 999. The number of benzene rings is 2. The maximum atomic E-state index is 12.3. The van der Waals surface area contributed by atoms with E-state index < -0.39 is 0 Å². The van der Waals surface area contributed by atoms with Crippen LogP contribution in [0.25, 0.3) is 0 Å². The predicted octanol–water partition coefficient (Wildman–Crippen LogP) is 6.48. The lowest BCUT2D eigenvalue weighted by molar-refractivity contribution is -0.121. The number of nitrogens with one attached hydrogen (secondary N) is 1. The van der Waals surface area contributed by atoms with Crippen molar-refractivity contribution >= 4 is 17.4 Å². The molecule has 0 heterocycles. The van der Waals surface area contributed by atoms with Gasteiger partial charge >= 0.3 is 0 Å². The van der Waals surface area contributed by atoms with Gasteiger partial charge in [-0.05, 0) is 75.1 Å². The van der Waals surface area contributed by atoms with E-state index in [-0.39, 0.29) is 17.6 Å². The number of nitrogens with zero attached hydrogens (tertiary/aromatic N) is 1. The average Bonchev–Trinajstić information content (AvgIpc) is 2.84. The Kier molecular flexibility index (Phi) is 10.1. The standard InChI is InChI=1S/C17H22N2O2.C11H14O/c1-3-12-4-6-13(7-5-12)17(20)19-15-9-8-14(11-18)16(10-15)21-2;1-4-10-8(2)6-5-7-11(10)9(3)12/h8-10,12-13H,3-7H2,1-2H3,(H,19,20);5-7H,4H2,1-3H3. The Balaban J connectivity index is 0.000000273. The summed E-state index contributed by atoms with van der Waals surface area (Å²) in [7, 11) is 1.52. The van der Waals surface area contributed by atoms with Crippen LogP contribution in [0.15, 0.2) is 36.4 Å². The molecule has 5 heteroatoms. The molecule has 33 heavy (non-hydrogen) atoms. The SMILES string of the molecule is CCC1CCC(C(=O)Nc2ccc(C#N)c(OC)c2)CC1.CCc1c(C)cccc1C(C)=O. The average molecular weight is 449 g/mol. The van der Waals surface area contributed by atoms with Gasteiger partial charge in [-0.1, -0.05) is 38.5 Å². The first-order chi connectivity index (χ1) is 15.8. The van der Waals surface area contributed by atoms with Crippen molar-refractivity contribution in [2.75, 3.05) is 12.4 Å². The van der Waals surface area contributed by atoms with Gasteiger partial charge in [0.1, 0.15) is 11.8 Å². The monoisotopic (exact) mass is 448 g/mol. The van der Waals surface area contributed by atoms with Crippen molar-refractivity contribution in [3.05, 3.63) is 58.7 Å². The number of ether oxygens (including phenoxy) is 1. The molecular formula is C28H36N2O3. The quantitative estimate of drug-likeness (QED) is 0.513. The molecule has 0 aliphatic heterocycles. The van der Waals surface area contributed by atoms with Crippen molar-refractivity contribution in [1.82, 2.24) is 0 Å². The number of rotatable bonds is 6. The second kappa shape index (κ2) is 12.8. The Labute approximate surface area is 198 Å². The lowest BCUT2D eigenvalue weighted by atomic mass is 9.80. The molecule has 0 bridgehead atoms. The minimum absolute atomic E-state index is 0.0799. The Morgan fingerprint density at radius 3 is 2.33 bits per heavy atom. The topological polar surface area (TPSA) is 79.2 Å². The number of amides is 1. The second-order valence-electron chi connectivity index (χ2n) is 8.65. The van der Waals surface area contributed by atoms with Crippen LogP contribution in [0, 0.1) is 30.1 Å². The molecule has 0 spiro atoms. The molecule has 1 saturated carbocycles. The van der Waals surface area contributed by atoms with E-state index in [1.54, 1.807) is 25.1 Å². The summed E-state index contributed by atoms with van der Waals surface area (Å²) in [5, 5.41) is 11.9. The van der Waals surface area contributed by atoms with Gasteiger partial charge in [-0.2, -0.15) is 5.26 Å². The molecule has 1 N–H and O–H groups in total. The minimum atomic E-state index is 0.0799. The number of nitriles is 1. The van der Waals surface area contributed by atoms with Gasteiger partial charge in [-0.3, -0.25) is 9.59 Å². The van der Waals surface area contributed by atoms with Gasteiger partial charge < -0.3 is 10.1 Å². The molecule has 1 aliphatic carbocycles. The van der Waals surface area contributed by atoms with E-state index in [9.17, 15) is 9.59 Å². The Morgan fingerprint density at radius 2 is 1.82 bits per heavy atom. The van der Waals surface area contributed by atoms with E-state index in [0.717, 1.165) is 43.6 Å². The summed E-state index contributed by atoms with van der Waals surface area (Å²) in [6, 6.07) is 13.1. The summed E-state index contributed by atoms with van der Waals surface area (Å²) in [6.07, 6.45) is 6.37. The van der Waals surface area contributed by atoms with Crippen LogP contribution in [0.5, 0.6) is 5.75 Å². The zero-order valence-corrected chi connectivity index (χ0v) is 20.5. The number of hydrogen-bond donors (Lipinski definition) is 1. The van der Waals surface area contributed by atoms with E-state index in [1.807, 2.05) is 25.1 Å². The molecule has 2 aromatic carbocycles. The van der Waals surface area contributed by atoms with Gasteiger partial charge in [0.25, 0.3) is 0 Å². The summed E-state index contributed by atoms with van der Waals surface area (Å²) >= 11 is 0. The van der Waals surface area contributed by atoms with Crippen LogP contribution in [-0.4, -0.2) is 18.8 Å². The molecule has 5 nitrogen and oxygen atoms in total. The smallest absolute Gasteiger partial charge is 0.227 e. The summed E-state index contributed by atoms with van der Waals surface area (Å²) in [4.78, 5) is 23.5. The molecule has 0 atom stereocenters. The van der Waals surface area contributed by atoms with Crippen LogP contribution < -0.4 is 10.1 Å². The number of ketones is 1. The van der Waals surface area contributed by atoms with Crippen LogP contribution in [0.2, 0.25) is 0 Å². The van der Waals surface area contributed by atoms with Crippen molar-refractivity contribution < 1.29 is 14.3 Å². The lowest BCUT2D eigenvalue weighted by Crippen LogP contribution is -2.27. The third-order valence-electron chi connectivity index (χ3n) is 6.53. The third-order valence-corrected chi connectivity index (χ3v) is 6.53. The van der Waals surface area contributed by atoms with E-state index in [0.29, 0.717) is 17.0 Å². The molecule has 1 fully saturated rings. The number of methoxy groups -OCH3 is 1. The number of hydrogen-bond acceptors (Lipinski definition) is 4. The minimum Gasteiger partial charge on any atom is -0.495 e. The molecule has 2 aromatic rings. The summed E-state index contributed by atoms with van der Waals surface area (Å²) < 4.78 is 5.16. The molecule has 0 unspecified atom stereocenters. The highest BCUT2D eigenvalue weighted by Crippen LogP contribution is 2.31. The molecule has 0 aromatic heterocycles. The van der Waals surface area contributed by atoms with Gasteiger partial charge in [0.05, 0.1) is 12.7 Å². The van der Waals surface area contributed by atoms with Gasteiger partial charge in [0, 0.05) is 23.2 Å². The normalized spacial score (nSPS) is 17.2. The second-order valence-corrected chi connectivity index (χ2v) is 8.65. The molecule has 1 amide bonds. The predicted molar refractivity (Wildman–Crippen MR) is 133 cm³/mol. The number of carbonyl (C=O) groups excluding carboxylic acids is 2. The van der Waals surface area contributed by atoms with Crippen LogP contribution in [-0.2, 0) is 11.2 Å². The van der Waals surface area contributed by atoms with Crippen molar-refractivity contribution in [2.24, 2.45) is 11.8 Å². The maximum absolute atomic E-state index is 12.3. The fourth-order valence-corrected chi connectivity index (χ4v) is 4.44. The molecule has 0 radical (unpaired) electrons. The number of anilines is 1. The molecule has 1 aliphatic rings. The molecule has 0 saturated heterocycles. The van der Waals surface area contributed by atoms with Gasteiger partial charge in [0.2, 0.25) is 5.91 Å². The summed E-state index contributed by atoms with van der Waals surface area (Å²) in [6.45, 7) is 7.96. The first-order valence-corrected chi connectivity index (χ1v) is 11.8. The number of aryl methyl sites for hydroxylation is 1. The van der Waals surface area contributed by atoms with Crippen LogP contribution in [0.4, 0.5) is 5.69 Å². The van der Waals surface area contributed by atoms with Crippen LogP contribution >= 0.6 is 0 Å². The highest BCUT2D eigenvalue weighted by molar-refractivity contribution is 5.95. The maximum Gasteiger partial charge on any atom is 0.227 e. The number of Topliss-reactive ketones (excluding diaryl/α,β-unsaturated/α-hetero) is 1. The highest BCUT2D eigenvalue weighted by Gasteiger charge is 2.25. The van der Waals surface area contributed by atoms with Gasteiger partial charge in [-0.15, -0.1) is 0 Å². The highest BCUT2D eigenvalue weighted by atomic mass is 16.5. The summed E-state index contributed by atoms with van der Waals surface area (Å²) in [5.41, 5.74) is 4.43. The van der Waals surface area contributed by atoms with E-state index in [2.05, 4.69) is 25.2 Å². The van der Waals surface area contributed by atoms with E-state index in [4.69, 9.17) is 10.00 Å². The third kappa shape index (κ3) is 7.18. The first-order valence-electron chi connectivity index (χ1n) is 11.8.